The summed E-state index contributed by atoms with van der Waals surface area (Å²) in [5.74, 6) is 0.0412. The van der Waals surface area contributed by atoms with E-state index >= 15 is 0 Å². The Bertz CT molecular complexity index is 213. The Balaban J connectivity index is 3.13. The number of carboxylic acids is 1. The highest BCUT2D eigenvalue weighted by Gasteiger charge is 2.04. The van der Waals surface area contributed by atoms with E-state index in [1.807, 2.05) is 0 Å². The smallest absolute Gasteiger partial charge is 0.303 e. The van der Waals surface area contributed by atoms with E-state index in [9.17, 15) is 4.79 Å². The maximum atomic E-state index is 10.4. The average molecular weight is 284 g/mol. The zero-order valence-electron chi connectivity index (χ0n) is 13.8. The van der Waals surface area contributed by atoms with Gasteiger partial charge in [0, 0.05) is 6.42 Å². The first-order valence-corrected chi connectivity index (χ1v) is 8.88. The molecule has 0 aliphatic rings. The second kappa shape index (κ2) is 14.9. The van der Waals surface area contributed by atoms with Crippen LogP contribution in [0.4, 0.5) is 0 Å². The van der Waals surface area contributed by atoms with Crippen LogP contribution in [-0.4, -0.2) is 11.1 Å². The van der Waals surface area contributed by atoms with E-state index in [1.54, 1.807) is 0 Å². The molecule has 2 nitrogen and oxygen atoms in total. The number of unbranched alkanes of at least 4 members (excludes halogenated alkanes) is 9. The largest absolute Gasteiger partial charge is 0.481 e. The molecule has 1 atom stereocenters. The second-order valence-electron chi connectivity index (χ2n) is 6.36. The summed E-state index contributed by atoms with van der Waals surface area (Å²) in [7, 11) is 0. The minimum Gasteiger partial charge on any atom is -0.481 e. The molecule has 0 radical (unpaired) electrons. The fourth-order valence-corrected chi connectivity index (χ4v) is 2.73. The molecular formula is C18H36O2. The van der Waals surface area contributed by atoms with Crippen molar-refractivity contribution >= 4 is 5.97 Å². The van der Waals surface area contributed by atoms with Crippen LogP contribution in [0.3, 0.4) is 0 Å². The molecule has 0 aromatic rings. The van der Waals surface area contributed by atoms with Crippen molar-refractivity contribution in [3.63, 3.8) is 0 Å². The summed E-state index contributed by atoms with van der Waals surface area (Å²) >= 11 is 0. The quantitative estimate of drug-likeness (QED) is 0.364. The molecule has 0 saturated heterocycles. The molecule has 2 heteroatoms. The Morgan fingerprint density at radius 3 is 1.75 bits per heavy atom. The third-order valence-electron chi connectivity index (χ3n) is 4.14. The van der Waals surface area contributed by atoms with E-state index in [-0.39, 0.29) is 0 Å². The first-order valence-electron chi connectivity index (χ1n) is 8.88. The zero-order valence-corrected chi connectivity index (χ0v) is 13.8. The molecule has 20 heavy (non-hydrogen) atoms. The lowest BCUT2D eigenvalue weighted by atomic mass is 9.96. The van der Waals surface area contributed by atoms with Gasteiger partial charge in [-0.05, 0) is 12.3 Å². The SMILES string of the molecule is CCCCCCCCCCCCC(C)CCCC(=O)O. The highest BCUT2D eigenvalue weighted by Crippen LogP contribution is 2.17. The number of carbonyl (C=O) groups is 1. The van der Waals surface area contributed by atoms with Crippen LogP contribution in [-0.2, 0) is 4.79 Å². The third kappa shape index (κ3) is 15.5. The fourth-order valence-electron chi connectivity index (χ4n) is 2.73. The summed E-state index contributed by atoms with van der Waals surface area (Å²) in [6.07, 6.45) is 17.4. The van der Waals surface area contributed by atoms with E-state index in [2.05, 4.69) is 13.8 Å². The van der Waals surface area contributed by atoms with Crippen molar-refractivity contribution < 1.29 is 9.90 Å². The molecule has 0 spiro atoms. The highest BCUT2D eigenvalue weighted by molar-refractivity contribution is 5.66. The summed E-state index contributed by atoms with van der Waals surface area (Å²) < 4.78 is 0. The molecule has 0 heterocycles. The van der Waals surface area contributed by atoms with Crippen LogP contribution in [0.2, 0.25) is 0 Å². The Morgan fingerprint density at radius 1 is 0.800 bits per heavy atom. The van der Waals surface area contributed by atoms with E-state index in [1.165, 1.54) is 70.6 Å². The van der Waals surface area contributed by atoms with Crippen molar-refractivity contribution in [2.75, 3.05) is 0 Å². The van der Waals surface area contributed by atoms with Crippen LogP contribution in [0.15, 0.2) is 0 Å². The summed E-state index contributed by atoms with van der Waals surface area (Å²) in [4.78, 5) is 10.4. The van der Waals surface area contributed by atoms with Crippen molar-refractivity contribution in [2.24, 2.45) is 5.92 Å². The predicted molar refractivity (Wildman–Crippen MR) is 87.1 cm³/mol. The van der Waals surface area contributed by atoms with Crippen LogP contribution in [0.1, 0.15) is 104 Å². The molecule has 0 rings (SSSR count). The first-order chi connectivity index (χ1) is 9.66. The lowest BCUT2D eigenvalue weighted by Crippen LogP contribution is -1.99. The lowest BCUT2D eigenvalue weighted by Gasteiger charge is -2.10. The second-order valence-corrected chi connectivity index (χ2v) is 6.36. The number of rotatable bonds is 15. The summed E-state index contributed by atoms with van der Waals surface area (Å²) in [6, 6.07) is 0. The molecule has 0 fully saturated rings. The zero-order chi connectivity index (χ0) is 15.1. The molecule has 0 aliphatic carbocycles. The van der Waals surface area contributed by atoms with Gasteiger partial charge in [-0.25, -0.2) is 0 Å². The molecule has 0 aromatic carbocycles. The molecule has 0 amide bonds. The molecule has 120 valence electrons. The van der Waals surface area contributed by atoms with Gasteiger partial charge in [-0.2, -0.15) is 0 Å². The van der Waals surface area contributed by atoms with Gasteiger partial charge in [0.1, 0.15) is 0 Å². The van der Waals surface area contributed by atoms with Crippen LogP contribution >= 0.6 is 0 Å². The monoisotopic (exact) mass is 284 g/mol. The van der Waals surface area contributed by atoms with Crippen LogP contribution in [0, 0.1) is 5.92 Å². The van der Waals surface area contributed by atoms with Crippen molar-refractivity contribution in [1.29, 1.82) is 0 Å². The molecule has 0 saturated carbocycles. The van der Waals surface area contributed by atoms with E-state index < -0.39 is 5.97 Å². The molecule has 1 N–H and O–H groups in total. The van der Waals surface area contributed by atoms with Gasteiger partial charge in [-0.1, -0.05) is 90.9 Å². The number of aliphatic carboxylic acids is 1. The standard InChI is InChI=1S/C18H36O2/c1-3-4-5-6-7-8-9-10-11-12-14-17(2)15-13-16-18(19)20/h17H,3-16H2,1-2H3,(H,19,20). The van der Waals surface area contributed by atoms with Gasteiger partial charge in [0.2, 0.25) is 0 Å². The maximum Gasteiger partial charge on any atom is 0.303 e. The predicted octanol–water partition coefficient (Wildman–Crippen LogP) is 6.19. The fraction of sp³-hybridized carbons (Fsp3) is 0.944. The Hall–Kier alpha value is -0.530. The third-order valence-corrected chi connectivity index (χ3v) is 4.14. The van der Waals surface area contributed by atoms with Crippen molar-refractivity contribution in [3.05, 3.63) is 0 Å². The minimum absolute atomic E-state index is 0.336. The normalized spacial score (nSPS) is 12.5. The summed E-state index contributed by atoms with van der Waals surface area (Å²) in [5, 5.41) is 8.59. The number of hydrogen-bond donors (Lipinski definition) is 1. The van der Waals surface area contributed by atoms with E-state index in [0.717, 1.165) is 12.8 Å². The lowest BCUT2D eigenvalue weighted by molar-refractivity contribution is -0.137. The topological polar surface area (TPSA) is 37.3 Å². The summed E-state index contributed by atoms with van der Waals surface area (Å²) in [6.45, 7) is 4.53. The molecule has 0 aliphatic heterocycles. The van der Waals surface area contributed by atoms with E-state index in [0.29, 0.717) is 12.3 Å². The van der Waals surface area contributed by atoms with Gasteiger partial charge < -0.3 is 5.11 Å². The van der Waals surface area contributed by atoms with Crippen LogP contribution < -0.4 is 0 Å². The maximum absolute atomic E-state index is 10.4. The van der Waals surface area contributed by atoms with Crippen LogP contribution in [0.5, 0.6) is 0 Å². The molecular weight excluding hydrogens is 248 g/mol. The molecule has 0 aromatic heterocycles. The van der Waals surface area contributed by atoms with Crippen LogP contribution in [0.25, 0.3) is 0 Å². The van der Waals surface area contributed by atoms with Crippen molar-refractivity contribution in [2.45, 2.75) is 104 Å². The number of hydrogen-bond acceptors (Lipinski definition) is 1. The minimum atomic E-state index is -0.656. The number of carboxylic acid groups (broad SMARTS) is 1. The molecule has 0 bridgehead atoms. The Labute approximate surface area is 126 Å². The van der Waals surface area contributed by atoms with Gasteiger partial charge in [-0.15, -0.1) is 0 Å². The van der Waals surface area contributed by atoms with Gasteiger partial charge >= 0.3 is 5.97 Å². The van der Waals surface area contributed by atoms with Gasteiger partial charge in [0.05, 0.1) is 0 Å². The first kappa shape index (κ1) is 19.5. The van der Waals surface area contributed by atoms with Gasteiger partial charge in [-0.3, -0.25) is 4.79 Å². The van der Waals surface area contributed by atoms with Gasteiger partial charge in [0.25, 0.3) is 0 Å². The Kier molecular flexibility index (Phi) is 14.5. The van der Waals surface area contributed by atoms with Crippen molar-refractivity contribution in [3.8, 4) is 0 Å². The highest BCUT2D eigenvalue weighted by atomic mass is 16.4. The van der Waals surface area contributed by atoms with E-state index in [4.69, 9.17) is 5.11 Å². The summed E-state index contributed by atoms with van der Waals surface area (Å²) in [5.41, 5.74) is 0. The van der Waals surface area contributed by atoms with Crippen molar-refractivity contribution in [1.82, 2.24) is 0 Å². The Morgan fingerprint density at radius 2 is 1.25 bits per heavy atom. The van der Waals surface area contributed by atoms with Gasteiger partial charge in [0.15, 0.2) is 0 Å². The average Bonchev–Trinajstić information content (AvgIpc) is 2.40. The molecule has 1 unspecified atom stereocenters.